The van der Waals surface area contributed by atoms with E-state index in [9.17, 15) is 9.90 Å². The Hall–Kier alpha value is -3.12. The van der Waals surface area contributed by atoms with Crippen molar-refractivity contribution in [2.75, 3.05) is 7.11 Å². The van der Waals surface area contributed by atoms with E-state index >= 15 is 0 Å². The average molecular weight is 349 g/mol. The van der Waals surface area contributed by atoms with Crippen molar-refractivity contribution in [2.45, 2.75) is 18.6 Å². The number of fused-ring (bicyclic) bond motifs is 1. The molecule has 0 aliphatic heterocycles. The van der Waals surface area contributed by atoms with Gasteiger partial charge in [0, 0.05) is 12.0 Å². The number of aromatic amines is 1. The second-order valence-corrected chi connectivity index (χ2v) is 6.31. The second-order valence-electron chi connectivity index (χ2n) is 6.31. The molecule has 1 aliphatic carbocycles. The lowest BCUT2D eigenvalue weighted by Gasteiger charge is -2.18. The molecular formula is C20H19N3O3. The van der Waals surface area contributed by atoms with Gasteiger partial charge in [0.15, 0.2) is 0 Å². The SMILES string of the molecule is COc1ccc(-c2[nH]ncc2C(=O)N[C@H]2c3ccccc3C[C@H]2O)cc1. The summed E-state index contributed by atoms with van der Waals surface area (Å²) in [7, 11) is 1.61. The molecule has 3 N–H and O–H groups in total. The van der Waals surface area contributed by atoms with Gasteiger partial charge in [-0.3, -0.25) is 9.89 Å². The number of amides is 1. The Morgan fingerprint density at radius 1 is 1.23 bits per heavy atom. The third-order valence-electron chi connectivity index (χ3n) is 4.75. The fourth-order valence-electron chi connectivity index (χ4n) is 3.40. The van der Waals surface area contributed by atoms with Crippen LogP contribution in [0.5, 0.6) is 5.75 Å². The van der Waals surface area contributed by atoms with E-state index in [2.05, 4.69) is 15.5 Å². The number of hydrogen-bond donors (Lipinski definition) is 3. The smallest absolute Gasteiger partial charge is 0.255 e. The van der Waals surface area contributed by atoms with Crippen molar-refractivity contribution in [1.29, 1.82) is 0 Å². The van der Waals surface area contributed by atoms with Crippen LogP contribution in [0, 0.1) is 0 Å². The number of methoxy groups -OCH3 is 1. The van der Waals surface area contributed by atoms with Gasteiger partial charge < -0.3 is 15.2 Å². The molecule has 1 amide bonds. The number of carbonyl (C=O) groups excluding carboxylic acids is 1. The number of nitrogens with zero attached hydrogens (tertiary/aromatic N) is 1. The molecule has 1 heterocycles. The summed E-state index contributed by atoms with van der Waals surface area (Å²) in [4.78, 5) is 12.8. The quantitative estimate of drug-likeness (QED) is 0.675. The second kappa shape index (κ2) is 6.65. The summed E-state index contributed by atoms with van der Waals surface area (Å²) in [5, 5.41) is 20.2. The summed E-state index contributed by atoms with van der Waals surface area (Å²) in [6.07, 6.45) is 1.41. The maximum Gasteiger partial charge on any atom is 0.255 e. The van der Waals surface area contributed by atoms with Crippen LogP contribution in [-0.4, -0.2) is 34.4 Å². The lowest BCUT2D eigenvalue weighted by Crippen LogP contribution is -2.33. The van der Waals surface area contributed by atoms with Crippen LogP contribution in [0.2, 0.25) is 0 Å². The minimum atomic E-state index is -0.632. The van der Waals surface area contributed by atoms with E-state index in [-0.39, 0.29) is 5.91 Å². The van der Waals surface area contributed by atoms with Gasteiger partial charge in [0.05, 0.1) is 36.7 Å². The molecule has 6 nitrogen and oxygen atoms in total. The van der Waals surface area contributed by atoms with Crippen molar-refractivity contribution < 1.29 is 14.6 Å². The van der Waals surface area contributed by atoms with Crippen LogP contribution >= 0.6 is 0 Å². The lowest BCUT2D eigenvalue weighted by atomic mass is 10.1. The van der Waals surface area contributed by atoms with Crippen LogP contribution in [0.1, 0.15) is 27.5 Å². The fraction of sp³-hybridized carbons (Fsp3) is 0.200. The molecule has 1 aromatic heterocycles. The zero-order valence-corrected chi connectivity index (χ0v) is 14.3. The molecule has 26 heavy (non-hydrogen) atoms. The van der Waals surface area contributed by atoms with Gasteiger partial charge in [0.2, 0.25) is 0 Å². The molecule has 4 rings (SSSR count). The number of rotatable bonds is 4. The van der Waals surface area contributed by atoms with E-state index in [1.807, 2.05) is 48.5 Å². The third kappa shape index (κ3) is 2.84. The summed E-state index contributed by atoms with van der Waals surface area (Å²) in [5.74, 6) is 0.468. The van der Waals surface area contributed by atoms with Crippen molar-refractivity contribution in [3.63, 3.8) is 0 Å². The van der Waals surface area contributed by atoms with Gasteiger partial charge in [-0.15, -0.1) is 0 Å². The molecule has 0 radical (unpaired) electrons. The van der Waals surface area contributed by atoms with Gasteiger partial charge >= 0.3 is 0 Å². The Bertz CT molecular complexity index is 933. The number of H-pyrrole nitrogens is 1. The number of aromatic nitrogens is 2. The van der Waals surface area contributed by atoms with Crippen LogP contribution < -0.4 is 10.1 Å². The zero-order chi connectivity index (χ0) is 18.1. The normalized spacial score (nSPS) is 18.4. The van der Waals surface area contributed by atoms with Gasteiger partial charge in [0.25, 0.3) is 5.91 Å². The van der Waals surface area contributed by atoms with Crippen LogP contribution in [-0.2, 0) is 6.42 Å². The van der Waals surface area contributed by atoms with E-state index < -0.39 is 12.1 Å². The minimum Gasteiger partial charge on any atom is -0.497 e. The minimum absolute atomic E-state index is 0.273. The maximum atomic E-state index is 12.8. The Morgan fingerprint density at radius 3 is 2.77 bits per heavy atom. The predicted octanol–water partition coefficient (Wildman–Crippen LogP) is 2.47. The number of nitrogens with one attached hydrogen (secondary N) is 2. The van der Waals surface area contributed by atoms with Gasteiger partial charge in [-0.25, -0.2) is 0 Å². The number of hydrogen-bond acceptors (Lipinski definition) is 4. The number of carbonyl (C=O) groups is 1. The van der Waals surface area contributed by atoms with E-state index in [1.54, 1.807) is 7.11 Å². The molecule has 3 aromatic rings. The Morgan fingerprint density at radius 2 is 2.00 bits per heavy atom. The summed E-state index contributed by atoms with van der Waals surface area (Å²) < 4.78 is 5.17. The van der Waals surface area contributed by atoms with E-state index in [4.69, 9.17) is 4.74 Å². The first-order chi connectivity index (χ1) is 12.7. The number of benzene rings is 2. The van der Waals surface area contributed by atoms with Crippen molar-refractivity contribution in [2.24, 2.45) is 0 Å². The predicted molar refractivity (Wildman–Crippen MR) is 96.9 cm³/mol. The molecular weight excluding hydrogens is 330 g/mol. The first-order valence-corrected chi connectivity index (χ1v) is 8.42. The summed E-state index contributed by atoms with van der Waals surface area (Å²) in [5.41, 5.74) is 3.93. The van der Waals surface area contributed by atoms with Gasteiger partial charge in [-0.1, -0.05) is 24.3 Å². The van der Waals surface area contributed by atoms with Crippen LogP contribution in [0.15, 0.2) is 54.7 Å². The van der Waals surface area contributed by atoms with E-state index in [0.717, 1.165) is 22.4 Å². The summed E-state index contributed by atoms with van der Waals surface area (Å²) in [6.45, 7) is 0. The number of aliphatic hydroxyl groups is 1. The Kier molecular flexibility index (Phi) is 4.18. The number of ether oxygens (including phenoxy) is 1. The molecule has 0 saturated heterocycles. The summed E-state index contributed by atoms with van der Waals surface area (Å²) in [6, 6.07) is 14.7. The standard InChI is InChI=1S/C20H19N3O3/c1-26-14-8-6-12(7-9-14)18-16(11-21-23-18)20(25)22-19-15-5-3-2-4-13(15)10-17(19)24/h2-9,11,17,19,24H,10H2,1H3,(H,21,23)(H,22,25)/t17-,19+/m1/s1. The fourth-order valence-corrected chi connectivity index (χ4v) is 3.40. The van der Waals surface area contributed by atoms with Crippen molar-refractivity contribution in [1.82, 2.24) is 15.5 Å². The molecule has 2 atom stereocenters. The molecule has 0 bridgehead atoms. The van der Waals surface area contributed by atoms with Gasteiger partial charge in [0.1, 0.15) is 5.75 Å². The highest BCUT2D eigenvalue weighted by Crippen LogP contribution is 2.32. The monoisotopic (exact) mass is 349 g/mol. The first-order valence-electron chi connectivity index (χ1n) is 8.42. The Balaban J connectivity index is 1.59. The molecule has 0 saturated carbocycles. The molecule has 2 aromatic carbocycles. The van der Waals surface area contributed by atoms with Crippen molar-refractivity contribution in [3.05, 3.63) is 71.4 Å². The van der Waals surface area contributed by atoms with E-state index in [1.165, 1.54) is 6.20 Å². The third-order valence-corrected chi connectivity index (χ3v) is 4.75. The molecule has 6 heteroatoms. The van der Waals surface area contributed by atoms with Crippen molar-refractivity contribution >= 4 is 5.91 Å². The highest BCUT2D eigenvalue weighted by atomic mass is 16.5. The maximum absolute atomic E-state index is 12.8. The Labute approximate surface area is 150 Å². The average Bonchev–Trinajstić information content (AvgIpc) is 3.27. The molecule has 0 unspecified atom stereocenters. The molecule has 0 spiro atoms. The van der Waals surface area contributed by atoms with Crippen molar-refractivity contribution in [3.8, 4) is 17.0 Å². The molecule has 0 fully saturated rings. The molecule has 1 aliphatic rings. The van der Waals surface area contributed by atoms with Crippen LogP contribution in [0.3, 0.4) is 0 Å². The summed E-state index contributed by atoms with van der Waals surface area (Å²) >= 11 is 0. The van der Waals surface area contributed by atoms with Gasteiger partial charge in [-0.05, 0) is 35.4 Å². The number of aliphatic hydroxyl groups excluding tert-OH is 1. The van der Waals surface area contributed by atoms with Gasteiger partial charge in [-0.2, -0.15) is 5.10 Å². The van der Waals surface area contributed by atoms with Crippen LogP contribution in [0.25, 0.3) is 11.3 Å². The topological polar surface area (TPSA) is 87.2 Å². The highest BCUT2D eigenvalue weighted by Gasteiger charge is 2.32. The highest BCUT2D eigenvalue weighted by molar-refractivity contribution is 6.00. The molecule has 132 valence electrons. The van der Waals surface area contributed by atoms with E-state index in [0.29, 0.717) is 17.7 Å². The first kappa shape index (κ1) is 16.4. The lowest BCUT2D eigenvalue weighted by molar-refractivity contribution is 0.0859. The zero-order valence-electron chi connectivity index (χ0n) is 14.3. The largest absolute Gasteiger partial charge is 0.497 e. The van der Waals surface area contributed by atoms with Crippen LogP contribution in [0.4, 0.5) is 0 Å².